The number of thioether (sulfide) groups is 1. The van der Waals surface area contributed by atoms with Gasteiger partial charge in [-0.1, -0.05) is 31.9 Å². The fraction of sp³-hybridized carbons (Fsp3) is 0.333. The van der Waals surface area contributed by atoms with Gasteiger partial charge in [0, 0.05) is 15.1 Å². The number of alkyl halides is 4. The van der Waals surface area contributed by atoms with Crippen molar-refractivity contribution in [1.82, 2.24) is 0 Å². The molecule has 6 heteroatoms. The molecule has 1 rings (SSSR count). The third kappa shape index (κ3) is 4.78. The van der Waals surface area contributed by atoms with E-state index >= 15 is 0 Å². The van der Waals surface area contributed by atoms with Crippen LogP contribution in [0.1, 0.15) is 0 Å². The average molecular weight is 364 g/mol. The van der Waals surface area contributed by atoms with Crippen molar-refractivity contribution in [3.63, 3.8) is 0 Å². The van der Waals surface area contributed by atoms with Gasteiger partial charge in [-0.25, -0.2) is 0 Å². The van der Waals surface area contributed by atoms with Gasteiger partial charge >= 0.3 is 6.18 Å². The van der Waals surface area contributed by atoms with Crippen LogP contribution in [0.15, 0.2) is 33.6 Å². The van der Waals surface area contributed by atoms with E-state index in [1.54, 1.807) is 24.3 Å². The van der Waals surface area contributed by atoms with Gasteiger partial charge in [0.25, 0.3) is 0 Å². The molecule has 84 valence electrons. The summed E-state index contributed by atoms with van der Waals surface area (Å²) in [6.45, 7) is 0. The molecule has 0 nitrogen and oxygen atoms in total. The molecular formula is C9H7Br2F3S. The highest BCUT2D eigenvalue weighted by Crippen LogP contribution is 2.31. The molecule has 15 heavy (non-hydrogen) atoms. The molecule has 0 bridgehead atoms. The van der Waals surface area contributed by atoms with E-state index in [4.69, 9.17) is 0 Å². The molecule has 0 N–H and O–H groups in total. The molecule has 0 aliphatic heterocycles. The monoisotopic (exact) mass is 362 g/mol. The molecule has 0 aliphatic rings. The average Bonchev–Trinajstić information content (AvgIpc) is 2.15. The van der Waals surface area contributed by atoms with E-state index in [0.29, 0.717) is 0 Å². The van der Waals surface area contributed by atoms with Crippen LogP contribution in [0.3, 0.4) is 0 Å². The smallest absolute Gasteiger partial charge is 0.170 e. The molecule has 0 radical (unpaired) electrons. The standard InChI is InChI=1S/C9H7Br2F3S/c10-6-1-3-7(4-2-6)15-5-8(11)9(12,13)14/h1-4,8H,5H2. The van der Waals surface area contributed by atoms with Crippen LogP contribution in [-0.2, 0) is 0 Å². The number of benzene rings is 1. The second kappa shape index (κ2) is 5.59. The van der Waals surface area contributed by atoms with E-state index < -0.39 is 11.0 Å². The van der Waals surface area contributed by atoms with Crippen LogP contribution in [0.4, 0.5) is 13.2 Å². The molecule has 0 spiro atoms. The van der Waals surface area contributed by atoms with Gasteiger partial charge in [0.1, 0.15) is 4.83 Å². The first kappa shape index (κ1) is 13.4. The molecule has 0 heterocycles. The van der Waals surface area contributed by atoms with Crippen molar-refractivity contribution in [3.8, 4) is 0 Å². The van der Waals surface area contributed by atoms with Gasteiger partial charge in [-0.05, 0) is 24.3 Å². The Hall–Kier alpha value is 0.320. The third-order valence-electron chi connectivity index (χ3n) is 1.57. The highest BCUT2D eigenvalue weighted by Gasteiger charge is 2.37. The Balaban J connectivity index is 2.47. The lowest BCUT2D eigenvalue weighted by atomic mass is 10.4. The molecular weight excluding hydrogens is 357 g/mol. The van der Waals surface area contributed by atoms with Gasteiger partial charge in [0.2, 0.25) is 0 Å². The molecule has 0 saturated heterocycles. The largest absolute Gasteiger partial charge is 0.402 e. The summed E-state index contributed by atoms with van der Waals surface area (Å²) in [6.07, 6.45) is -4.18. The number of rotatable bonds is 3. The summed E-state index contributed by atoms with van der Waals surface area (Å²) >= 11 is 7.05. The summed E-state index contributed by atoms with van der Waals surface area (Å²) in [5.41, 5.74) is 0. The lowest BCUT2D eigenvalue weighted by Crippen LogP contribution is -2.24. The highest BCUT2D eigenvalue weighted by atomic mass is 79.9. The number of halogens is 5. The Bertz CT molecular complexity index is 310. The Labute approximate surface area is 107 Å². The molecule has 1 aromatic carbocycles. The second-order valence-corrected chi connectivity index (χ2v) is 5.89. The fourth-order valence-electron chi connectivity index (χ4n) is 0.795. The molecule has 0 amide bonds. The minimum Gasteiger partial charge on any atom is -0.170 e. The van der Waals surface area contributed by atoms with Crippen LogP contribution in [0.5, 0.6) is 0 Å². The van der Waals surface area contributed by atoms with Gasteiger partial charge in [-0.15, -0.1) is 11.8 Å². The maximum atomic E-state index is 12.1. The minimum absolute atomic E-state index is 0.0227. The van der Waals surface area contributed by atoms with Crippen molar-refractivity contribution >= 4 is 43.6 Å². The predicted molar refractivity (Wildman–Crippen MR) is 63.6 cm³/mol. The summed E-state index contributed by atoms with van der Waals surface area (Å²) in [4.78, 5) is -0.634. The maximum Gasteiger partial charge on any atom is 0.402 e. The van der Waals surface area contributed by atoms with Crippen molar-refractivity contribution in [3.05, 3.63) is 28.7 Å². The maximum absolute atomic E-state index is 12.1. The molecule has 0 fully saturated rings. The predicted octanol–water partition coefficient (Wildman–Crippen LogP) is 4.87. The van der Waals surface area contributed by atoms with Gasteiger partial charge in [-0.2, -0.15) is 13.2 Å². The van der Waals surface area contributed by atoms with Gasteiger partial charge in [0.05, 0.1) is 0 Å². The van der Waals surface area contributed by atoms with Gasteiger partial charge in [0.15, 0.2) is 0 Å². The van der Waals surface area contributed by atoms with E-state index in [-0.39, 0.29) is 5.75 Å². The lowest BCUT2D eigenvalue weighted by Gasteiger charge is -2.13. The number of hydrogen-bond acceptors (Lipinski definition) is 1. The van der Waals surface area contributed by atoms with E-state index in [1.165, 1.54) is 11.8 Å². The van der Waals surface area contributed by atoms with Crippen molar-refractivity contribution in [2.24, 2.45) is 0 Å². The summed E-state index contributed by atoms with van der Waals surface area (Å²) in [5, 5.41) is 0. The summed E-state index contributed by atoms with van der Waals surface area (Å²) in [5.74, 6) is -0.0227. The van der Waals surface area contributed by atoms with Gasteiger partial charge < -0.3 is 0 Å². The zero-order chi connectivity index (χ0) is 11.5. The summed E-state index contributed by atoms with van der Waals surface area (Å²) in [7, 11) is 0. The Morgan fingerprint density at radius 3 is 2.20 bits per heavy atom. The Morgan fingerprint density at radius 2 is 1.73 bits per heavy atom. The normalized spacial score (nSPS) is 13.9. The fourth-order valence-corrected chi connectivity index (χ4v) is 2.31. The van der Waals surface area contributed by atoms with E-state index in [0.717, 1.165) is 9.37 Å². The molecule has 1 unspecified atom stereocenters. The Kier molecular flexibility index (Phi) is 4.99. The zero-order valence-corrected chi connectivity index (χ0v) is 11.4. The number of hydrogen-bond donors (Lipinski definition) is 0. The van der Waals surface area contributed by atoms with E-state index in [2.05, 4.69) is 31.9 Å². The van der Waals surface area contributed by atoms with Crippen LogP contribution in [0, 0.1) is 0 Å². The molecule has 0 saturated carbocycles. The summed E-state index contributed by atoms with van der Waals surface area (Å²) < 4.78 is 37.4. The van der Waals surface area contributed by atoms with Crippen LogP contribution < -0.4 is 0 Å². The van der Waals surface area contributed by atoms with Crippen LogP contribution in [0.2, 0.25) is 0 Å². The summed E-state index contributed by atoms with van der Waals surface area (Å²) in [6, 6.07) is 7.17. The molecule has 1 atom stereocenters. The zero-order valence-electron chi connectivity index (χ0n) is 7.39. The minimum atomic E-state index is -4.18. The van der Waals surface area contributed by atoms with Crippen molar-refractivity contribution in [2.75, 3.05) is 5.75 Å². The van der Waals surface area contributed by atoms with Crippen LogP contribution >= 0.6 is 43.6 Å². The van der Waals surface area contributed by atoms with Crippen LogP contribution in [0.25, 0.3) is 0 Å². The van der Waals surface area contributed by atoms with Crippen molar-refractivity contribution in [1.29, 1.82) is 0 Å². The Morgan fingerprint density at radius 1 is 1.20 bits per heavy atom. The quantitative estimate of drug-likeness (QED) is 0.545. The first-order valence-corrected chi connectivity index (χ1v) is 6.68. The van der Waals surface area contributed by atoms with E-state index in [9.17, 15) is 13.2 Å². The van der Waals surface area contributed by atoms with Gasteiger partial charge in [-0.3, -0.25) is 0 Å². The first-order valence-electron chi connectivity index (χ1n) is 3.99. The second-order valence-electron chi connectivity index (χ2n) is 2.77. The van der Waals surface area contributed by atoms with Crippen molar-refractivity contribution in [2.45, 2.75) is 15.9 Å². The molecule has 0 aromatic heterocycles. The molecule has 0 aliphatic carbocycles. The van der Waals surface area contributed by atoms with Crippen LogP contribution in [-0.4, -0.2) is 16.8 Å². The molecule has 1 aromatic rings. The third-order valence-corrected chi connectivity index (χ3v) is 4.47. The van der Waals surface area contributed by atoms with Crippen molar-refractivity contribution < 1.29 is 13.2 Å². The van der Waals surface area contributed by atoms with E-state index in [1.807, 2.05) is 0 Å². The highest BCUT2D eigenvalue weighted by molar-refractivity contribution is 9.10. The topological polar surface area (TPSA) is 0 Å². The lowest BCUT2D eigenvalue weighted by molar-refractivity contribution is -0.122. The first-order chi connectivity index (χ1) is 6.89. The SMILES string of the molecule is FC(F)(F)C(Br)CSc1ccc(Br)cc1.